The van der Waals surface area contributed by atoms with E-state index < -0.39 is 10.8 Å². The topological polar surface area (TPSA) is 126 Å². The third-order valence-corrected chi connectivity index (χ3v) is 4.63. The Labute approximate surface area is 168 Å². The van der Waals surface area contributed by atoms with Gasteiger partial charge in [-0.3, -0.25) is 20.0 Å². The SMILES string of the molecule is Cc1nc(Sc2ccc(/C=N\NC(=O)c3ccc(Cl)cc3)cc2[N+](=O)[O-])n[nH]1. The number of nitrogens with one attached hydrogen (secondary N) is 2. The molecule has 2 N–H and O–H groups in total. The van der Waals surface area contributed by atoms with Crippen LogP contribution in [-0.4, -0.2) is 32.2 Å². The smallest absolute Gasteiger partial charge is 0.267 e. The predicted octanol–water partition coefficient (Wildman–Crippen LogP) is 3.59. The highest BCUT2D eigenvalue weighted by atomic mass is 35.5. The van der Waals surface area contributed by atoms with Crippen molar-refractivity contribution in [3.05, 3.63) is 74.6 Å². The summed E-state index contributed by atoms with van der Waals surface area (Å²) in [5.41, 5.74) is 3.10. The lowest BCUT2D eigenvalue weighted by atomic mass is 10.2. The molecule has 0 spiro atoms. The standard InChI is InChI=1S/C17H13ClN6O3S/c1-10-20-17(23-21-10)28-15-7-2-11(8-14(15)24(26)27)9-19-22-16(25)12-3-5-13(18)6-4-12/h2-9H,1H3,(H,22,25)(H,20,21,23)/b19-9-. The molecule has 0 aliphatic heterocycles. The van der Waals surface area contributed by atoms with Gasteiger partial charge in [0.05, 0.1) is 16.0 Å². The van der Waals surface area contributed by atoms with Crippen molar-refractivity contribution in [1.82, 2.24) is 20.6 Å². The number of hydrazone groups is 1. The van der Waals surface area contributed by atoms with Gasteiger partial charge in [-0.1, -0.05) is 17.7 Å². The Kier molecular flexibility index (Phi) is 6.02. The predicted molar refractivity (Wildman–Crippen MR) is 105 cm³/mol. The van der Waals surface area contributed by atoms with E-state index in [9.17, 15) is 14.9 Å². The monoisotopic (exact) mass is 416 g/mol. The zero-order valence-corrected chi connectivity index (χ0v) is 16.0. The summed E-state index contributed by atoms with van der Waals surface area (Å²) >= 11 is 6.86. The molecule has 3 aromatic rings. The summed E-state index contributed by atoms with van der Waals surface area (Å²) in [4.78, 5) is 27.4. The molecule has 142 valence electrons. The minimum absolute atomic E-state index is 0.111. The van der Waals surface area contributed by atoms with E-state index in [0.29, 0.717) is 32.0 Å². The lowest BCUT2D eigenvalue weighted by Gasteiger charge is -2.02. The molecule has 0 fully saturated rings. The maximum absolute atomic E-state index is 12.0. The van der Waals surface area contributed by atoms with Crippen LogP contribution in [0.1, 0.15) is 21.7 Å². The Balaban J connectivity index is 1.72. The number of nitro groups is 1. The average molecular weight is 417 g/mol. The van der Waals surface area contributed by atoms with Crippen molar-refractivity contribution in [2.45, 2.75) is 17.0 Å². The number of rotatable bonds is 6. The molecule has 1 heterocycles. The molecule has 28 heavy (non-hydrogen) atoms. The molecule has 11 heteroatoms. The summed E-state index contributed by atoms with van der Waals surface area (Å²) in [5.74, 6) is 0.194. The molecule has 1 aromatic heterocycles. The summed E-state index contributed by atoms with van der Waals surface area (Å²) in [6.07, 6.45) is 1.33. The van der Waals surface area contributed by atoms with Gasteiger partial charge in [-0.2, -0.15) is 5.10 Å². The van der Waals surface area contributed by atoms with Crippen LogP contribution in [-0.2, 0) is 0 Å². The van der Waals surface area contributed by atoms with E-state index in [4.69, 9.17) is 11.6 Å². The number of nitro benzene ring substituents is 1. The number of H-pyrrole nitrogens is 1. The fourth-order valence-electron chi connectivity index (χ4n) is 2.14. The van der Waals surface area contributed by atoms with Crippen LogP contribution >= 0.6 is 23.4 Å². The van der Waals surface area contributed by atoms with Gasteiger partial charge in [0.25, 0.3) is 11.6 Å². The van der Waals surface area contributed by atoms with Gasteiger partial charge in [0.2, 0.25) is 5.16 Å². The van der Waals surface area contributed by atoms with E-state index in [1.165, 1.54) is 12.3 Å². The molecule has 0 aliphatic rings. The quantitative estimate of drug-likeness (QED) is 0.359. The van der Waals surface area contributed by atoms with E-state index in [0.717, 1.165) is 11.8 Å². The third kappa shape index (κ3) is 4.93. The Hall–Kier alpha value is -3.24. The van der Waals surface area contributed by atoms with E-state index in [2.05, 4.69) is 25.7 Å². The van der Waals surface area contributed by atoms with Crippen LogP contribution in [0.2, 0.25) is 5.02 Å². The highest BCUT2D eigenvalue weighted by molar-refractivity contribution is 7.99. The first-order chi connectivity index (χ1) is 13.4. The lowest BCUT2D eigenvalue weighted by molar-refractivity contribution is -0.387. The number of halogens is 1. The molecule has 0 saturated carbocycles. The summed E-state index contributed by atoms with van der Waals surface area (Å²) in [6.45, 7) is 1.74. The van der Waals surface area contributed by atoms with Gasteiger partial charge in [0.1, 0.15) is 5.82 Å². The van der Waals surface area contributed by atoms with Crippen LogP contribution in [0.4, 0.5) is 5.69 Å². The van der Waals surface area contributed by atoms with Gasteiger partial charge in [0.15, 0.2) is 0 Å². The van der Waals surface area contributed by atoms with Crippen molar-refractivity contribution in [2.75, 3.05) is 0 Å². The first-order valence-corrected chi connectivity index (χ1v) is 9.06. The van der Waals surface area contributed by atoms with Crippen LogP contribution in [0.15, 0.2) is 57.6 Å². The highest BCUT2D eigenvalue weighted by Gasteiger charge is 2.17. The fourth-order valence-corrected chi connectivity index (χ4v) is 3.11. The average Bonchev–Trinajstić information content (AvgIpc) is 3.08. The molecule has 0 saturated heterocycles. The van der Waals surface area contributed by atoms with Crippen molar-refractivity contribution in [3.63, 3.8) is 0 Å². The number of hydrogen-bond donors (Lipinski definition) is 2. The maximum Gasteiger partial charge on any atom is 0.283 e. The van der Waals surface area contributed by atoms with Gasteiger partial charge in [0, 0.05) is 22.2 Å². The molecule has 3 rings (SSSR count). The number of aryl methyl sites for hydroxylation is 1. The Morgan fingerprint density at radius 1 is 1.32 bits per heavy atom. The molecule has 0 aliphatic carbocycles. The van der Waals surface area contributed by atoms with Crippen molar-refractivity contribution in [2.24, 2.45) is 5.10 Å². The summed E-state index contributed by atoms with van der Waals surface area (Å²) in [5, 5.41) is 22.8. The second-order valence-electron chi connectivity index (χ2n) is 5.50. The largest absolute Gasteiger partial charge is 0.283 e. The third-order valence-electron chi connectivity index (χ3n) is 3.44. The van der Waals surface area contributed by atoms with E-state index >= 15 is 0 Å². The summed E-state index contributed by atoms with van der Waals surface area (Å²) < 4.78 is 0. The molecule has 0 unspecified atom stereocenters. The minimum Gasteiger partial charge on any atom is -0.267 e. The number of benzene rings is 2. The van der Waals surface area contributed by atoms with Crippen LogP contribution in [0.3, 0.4) is 0 Å². The number of carbonyl (C=O) groups excluding carboxylic acids is 1. The maximum atomic E-state index is 12.0. The molecule has 2 aromatic carbocycles. The Morgan fingerprint density at radius 3 is 2.71 bits per heavy atom. The normalized spacial score (nSPS) is 10.9. The molecular weight excluding hydrogens is 404 g/mol. The van der Waals surface area contributed by atoms with Crippen LogP contribution < -0.4 is 5.43 Å². The van der Waals surface area contributed by atoms with Gasteiger partial charge in [-0.25, -0.2) is 10.4 Å². The van der Waals surface area contributed by atoms with Crippen molar-refractivity contribution in [3.8, 4) is 0 Å². The minimum atomic E-state index is -0.495. The van der Waals surface area contributed by atoms with Crippen LogP contribution in [0.25, 0.3) is 0 Å². The van der Waals surface area contributed by atoms with Gasteiger partial charge in [-0.15, -0.1) is 5.10 Å². The van der Waals surface area contributed by atoms with E-state index in [1.54, 1.807) is 43.3 Å². The van der Waals surface area contributed by atoms with Crippen molar-refractivity contribution >= 4 is 41.2 Å². The zero-order chi connectivity index (χ0) is 20.1. The van der Waals surface area contributed by atoms with Crippen molar-refractivity contribution in [1.29, 1.82) is 0 Å². The summed E-state index contributed by atoms with van der Waals surface area (Å²) in [6, 6.07) is 10.9. The molecule has 1 amide bonds. The highest BCUT2D eigenvalue weighted by Crippen LogP contribution is 2.33. The Bertz CT molecular complexity index is 1050. The fraction of sp³-hybridized carbons (Fsp3) is 0.0588. The molecule has 0 radical (unpaired) electrons. The first-order valence-electron chi connectivity index (χ1n) is 7.86. The second-order valence-corrected chi connectivity index (χ2v) is 6.94. The summed E-state index contributed by atoms with van der Waals surface area (Å²) in [7, 11) is 0. The van der Waals surface area contributed by atoms with Gasteiger partial charge in [-0.05, 0) is 49.0 Å². The Morgan fingerprint density at radius 2 is 2.07 bits per heavy atom. The van der Waals surface area contributed by atoms with Crippen LogP contribution in [0, 0.1) is 17.0 Å². The van der Waals surface area contributed by atoms with Gasteiger partial charge < -0.3 is 0 Å². The van der Waals surface area contributed by atoms with Crippen molar-refractivity contribution < 1.29 is 9.72 Å². The van der Waals surface area contributed by atoms with Crippen LogP contribution in [0.5, 0.6) is 0 Å². The first kappa shape index (κ1) is 19.5. The van der Waals surface area contributed by atoms with E-state index in [-0.39, 0.29) is 5.69 Å². The number of carbonyl (C=O) groups is 1. The second kappa shape index (κ2) is 8.63. The lowest BCUT2D eigenvalue weighted by Crippen LogP contribution is -2.17. The molecule has 0 bridgehead atoms. The molecular formula is C17H13ClN6O3S. The number of hydrogen-bond acceptors (Lipinski definition) is 7. The van der Waals surface area contributed by atoms with Gasteiger partial charge >= 0.3 is 0 Å². The number of aromatic amines is 1. The molecule has 0 atom stereocenters. The van der Waals surface area contributed by atoms with E-state index in [1.807, 2.05) is 0 Å². The number of amides is 1. The zero-order valence-electron chi connectivity index (χ0n) is 14.4. The number of nitrogens with zero attached hydrogens (tertiary/aromatic N) is 4. The number of aromatic nitrogens is 3. The molecule has 9 nitrogen and oxygen atoms in total.